The van der Waals surface area contributed by atoms with Crippen LogP contribution in [-0.2, 0) is 0 Å². The lowest BCUT2D eigenvalue weighted by atomic mass is 10.2. The number of hydrogen-bond acceptors (Lipinski definition) is 4. The van der Waals surface area contributed by atoms with Crippen molar-refractivity contribution < 1.29 is 0 Å². The van der Waals surface area contributed by atoms with Crippen molar-refractivity contribution in [3.8, 4) is 0 Å². The van der Waals surface area contributed by atoms with E-state index in [1.807, 2.05) is 25.1 Å². The van der Waals surface area contributed by atoms with Crippen LogP contribution in [0.1, 0.15) is 5.56 Å². The van der Waals surface area contributed by atoms with Gasteiger partial charge in [-0.25, -0.2) is 4.98 Å². The third-order valence-electron chi connectivity index (χ3n) is 1.77. The van der Waals surface area contributed by atoms with E-state index in [2.05, 4.69) is 15.2 Å². The zero-order valence-corrected chi connectivity index (χ0v) is 8.51. The van der Waals surface area contributed by atoms with E-state index in [-0.39, 0.29) is 0 Å². The fourth-order valence-electron chi connectivity index (χ4n) is 1.08. The van der Waals surface area contributed by atoms with Crippen LogP contribution in [0.5, 0.6) is 0 Å². The Labute approximate surface area is 85.9 Å². The molecule has 5 heteroatoms. The van der Waals surface area contributed by atoms with E-state index in [4.69, 9.17) is 5.73 Å². The number of nitrogen functional groups attached to an aromatic ring is 1. The Bertz CT molecular complexity index is 424. The number of benzene rings is 1. The second-order valence-electron chi connectivity index (χ2n) is 2.93. The van der Waals surface area contributed by atoms with Crippen molar-refractivity contribution in [3.63, 3.8) is 0 Å². The number of H-pyrrole nitrogens is 1. The summed E-state index contributed by atoms with van der Waals surface area (Å²) in [5, 5.41) is 7.30. The van der Waals surface area contributed by atoms with Crippen molar-refractivity contribution in [2.45, 2.75) is 17.0 Å². The normalized spacial score (nSPS) is 10.4. The highest BCUT2D eigenvalue weighted by molar-refractivity contribution is 7.99. The molecule has 2 aromatic rings. The number of rotatable bonds is 2. The molecule has 0 aliphatic carbocycles. The van der Waals surface area contributed by atoms with Gasteiger partial charge in [0.05, 0.1) is 0 Å². The maximum Gasteiger partial charge on any atom is 0.188 e. The van der Waals surface area contributed by atoms with Crippen LogP contribution in [0.2, 0.25) is 0 Å². The van der Waals surface area contributed by atoms with E-state index >= 15 is 0 Å². The first kappa shape index (κ1) is 9.08. The summed E-state index contributed by atoms with van der Waals surface area (Å²) in [7, 11) is 0. The third-order valence-corrected chi connectivity index (χ3v) is 2.73. The minimum atomic E-state index is 0.752. The van der Waals surface area contributed by atoms with Crippen molar-refractivity contribution in [1.82, 2.24) is 15.2 Å². The molecule has 0 unspecified atom stereocenters. The number of nitrogens with two attached hydrogens (primary N) is 1. The summed E-state index contributed by atoms with van der Waals surface area (Å²) in [6.07, 6.45) is 1.48. The third kappa shape index (κ3) is 1.88. The summed E-state index contributed by atoms with van der Waals surface area (Å²) in [5.41, 5.74) is 7.77. The van der Waals surface area contributed by atoms with Gasteiger partial charge in [0.1, 0.15) is 6.33 Å². The molecule has 0 aliphatic heterocycles. The number of aryl methyl sites for hydroxylation is 1. The first-order valence-corrected chi connectivity index (χ1v) is 4.97. The van der Waals surface area contributed by atoms with E-state index < -0.39 is 0 Å². The highest BCUT2D eigenvalue weighted by Gasteiger charge is 2.03. The van der Waals surface area contributed by atoms with E-state index in [0.717, 1.165) is 15.7 Å². The summed E-state index contributed by atoms with van der Waals surface area (Å²) >= 11 is 1.48. The lowest BCUT2D eigenvalue weighted by Crippen LogP contribution is -1.89. The average molecular weight is 206 g/mol. The van der Waals surface area contributed by atoms with Gasteiger partial charge in [-0.05, 0) is 36.4 Å². The average Bonchev–Trinajstić information content (AvgIpc) is 2.64. The maximum absolute atomic E-state index is 5.82. The molecule has 14 heavy (non-hydrogen) atoms. The van der Waals surface area contributed by atoms with E-state index in [9.17, 15) is 0 Å². The Balaban J connectivity index is 2.28. The molecule has 0 fully saturated rings. The van der Waals surface area contributed by atoms with Gasteiger partial charge in [0.15, 0.2) is 5.16 Å². The Morgan fingerprint density at radius 1 is 1.43 bits per heavy atom. The molecular formula is C9H10N4S. The number of anilines is 1. The van der Waals surface area contributed by atoms with Crippen LogP contribution in [0.4, 0.5) is 5.69 Å². The molecule has 72 valence electrons. The van der Waals surface area contributed by atoms with Gasteiger partial charge < -0.3 is 5.73 Å². The predicted molar refractivity (Wildman–Crippen MR) is 56.1 cm³/mol. The van der Waals surface area contributed by atoms with Crippen LogP contribution in [0.25, 0.3) is 0 Å². The van der Waals surface area contributed by atoms with E-state index in [0.29, 0.717) is 0 Å². The molecular weight excluding hydrogens is 196 g/mol. The van der Waals surface area contributed by atoms with Gasteiger partial charge in [0, 0.05) is 10.6 Å². The largest absolute Gasteiger partial charge is 0.398 e. The highest BCUT2D eigenvalue weighted by atomic mass is 32.2. The van der Waals surface area contributed by atoms with Gasteiger partial charge in [0.25, 0.3) is 0 Å². The molecule has 0 saturated heterocycles. The Morgan fingerprint density at radius 3 is 3.00 bits per heavy atom. The van der Waals surface area contributed by atoms with Crippen LogP contribution in [-0.4, -0.2) is 15.2 Å². The Kier molecular flexibility index (Phi) is 2.41. The fourth-order valence-corrected chi connectivity index (χ4v) is 1.91. The summed E-state index contributed by atoms with van der Waals surface area (Å²) < 4.78 is 0. The summed E-state index contributed by atoms with van der Waals surface area (Å²) in [6.45, 7) is 2.03. The van der Waals surface area contributed by atoms with Crippen LogP contribution in [0, 0.1) is 6.92 Å². The van der Waals surface area contributed by atoms with Crippen molar-refractivity contribution in [1.29, 1.82) is 0 Å². The molecule has 0 saturated carbocycles. The van der Waals surface area contributed by atoms with Gasteiger partial charge in [0.2, 0.25) is 0 Å². The second-order valence-corrected chi connectivity index (χ2v) is 3.96. The molecule has 0 spiro atoms. The highest BCUT2D eigenvalue weighted by Crippen LogP contribution is 2.29. The van der Waals surface area contributed by atoms with Crippen LogP contribution in [0.3, 0.4) is 0 Å². The van der Waals surface area contributed by atoms with Crippen LogP contribution >= 0.6 is 11.8 Å². The molecule has 0 radical (unpaired) electrons. The molecule has 2 rings (SSSR count). The SMILES string of the molecule is Cc1ccc(N)c(Sc2ncn[nH]2)c1. The number of aromatic amines is 1. The number of nitrogens with zero attached hydrogens (tertiary/aromatic N) is 2. The zero-order chi connectivity index (χ0) is 9.97. The van der Waals surface area contributed by atoms with Crippen molar-refractivity contribution in [2.75, 3.05) is 5.73 Å². The number of nitrogens with one attached hydrogen (secondary N) is 1. The summed E-state index contributed by atoms with van der Waals surface area (Å²) in [6, 6.07) is 5.91. The smallest absolute Gasteiger partial charge is 0.188 e. The van der Waals surface area contributed by atoms with Gasteiger partial charge in [-0.3, -0.25) is 5.10 Å². The maximum atomic E-state index is 5.82. The first-order chi connectivity index (χ1) is 6.75. The molecule has 1 aromatic heterocycles. The van der Waals surface area contributed by atoms with Gasteiger partial charge in [-0.2, -0.15) is 5.10 Å². The minimum absolute atomic E-state index is 0.752. The van der Waals surface area contributed by atoms with Gasteiger partial charge in [-0.15, -0.1) is 0 Å². The molecule has 0 bridgehead atoms. The van der Waals surface area contributed by atoms with Crippen molar-refractivity contribution >= 4 is 17.4 Å². The van der Waals surface area contributed by atoms with Crippen LogP contribution in [0.15, 0.2) is 34.6 Å². The van der Waals surface area contributed by atoms with Gasteiger partial charge >= 0.3 is 0 Å². The van der Waals surface area contributed by atoms with Gasteiger partial charge in [-0.1, -0.05) is 6.07 Å². The molecule has 0 atom stereocenters. The lowest BCUT2D eigenvalue weighted by Gasteiger charge is -2.03. The van der Waals surface area contributed by atoms with Crippen LogP contribution < -0.4 is 5.73 Å². The molecule has 0 aliphatic rings. The topological polar surface area (TPSA) is 67.6 Å². The second kappa shape index (κ2) is 3.71. The summed E-state index contributed by atoms with van der Waals surface area (Å²) in [5.74, 6) is 0. The minimum Gasteiger partial charge on any atom is -0.398 e. The Morgan fingerprint density at radius 2 is 2.29 bits per heavy atom. The monoisotopic (exact) mass is 206 g/mol. The zero-order valence-electron chi connectivity index (χ0n) is 7.69. The summed E-state index contributed by atoms with van der Waals surface area (Å²) in [4.78, 5) is 5.02. The predicted octanol–water partition coefficient (Wildman–Crippen LogP) is 1.85. The first-order valence-electron chi connectivity index (χ1n) is 4.15. The van der Waals surface area contributed by atoms with E-state index in [1.165, 1.54) is 23.7 Å². The molecule has 3 N–H and O–H groups in total. The fraction of sp³-hybridized carbons (Fsp3) is 0.111. The van der Waals surface area contributed by atoms with Crippen molar-refractivity contribution in [2.24, 2.45) is 0 Å². The molecule has 4 nitrogen and oxygen atoms in total. The number of aromatic nitrogens is 3. The van der Waals surface area contributed by atoms with Crippen molar-refractivity contribution in [3.05, 3.63) is 30.1 Å². The Hall–Kier alpha value is -1.49. The lowest BCUT2D eigenvalue weighted by molar-refractivity contribution is 0.973. The molecule has 1 heterocycles. The van der Waals surface area contributed by atoms with E-state index in [1.54, 1.807) is 0 Å². The number of hydrogen-bond donors (Lipinski definition) is 2. The standard InChI is InChI=1S/C9H10N4S/c1-6-2-3-7(10)8(4-6)14-9-11-5-12-13-9/h2-5H,10H2,1H3,(H,11,12,13). The molecule has 1 aromatic carbocycles. The molecule has 0 amide bonds. The quantitative estimate of drug-likeness (QED) is 0.736.